The molecule has 0 heterocycles. The Morgan fingerprint density at radius 2 is 1.54 bits per heavy atom. The van der Waals surface area contributed by atoms with Gasteiger partial charge in [-0.3, -0.25) is 0 Å². The van der Waals surface area contributed by atoms with Crippen LogP contribution in [0.25, 0.3) is 0 Å². The van der Waals surface area contributed by atoms with Crippen LogP contribution < -0.4 is 10.2 Å². The van der Waals surface area contributed by atoms with Gasteiger partial charge in [-0.2, -0.15) is 5.10 Å². The fourth-order valence-electron chi connectivity index (χ4n) is 2.39. The first-order chi connectivity index (χ1) is 13.5. The van der Waals surface area contributed by atoms with Gasteiger partial charge in [0.05, 0.1) is 22.8 Å². The van der Waals surface area contributed by atoms with E-state index in [0.717, 1.165) is 22.4 Å². The van der Waals surface area contributed by atoms with Gasteiger partial charge in [-0.1, -0.05) is 58.5 Å². The number of hydrogen-bond donors (Lipinski definition) is 1. The number of hydrazone groups is 1. The Labute approximate surface area is 183 Å². The highest BCUT2D eigenvalue weighted by molar-refractivity contribution is 6.42. The van der Waals surface area contributed by atoms with Crippen LogP contribution in [0.5, 0.6) is 5.75 Å². The van der Waals surface area contributed by atoms with Crippen LogP contribution in [0.2, 0.25) is 20.1 Å². The topological polar surface area (TPSA) is 33.6 Å². The molecular formula is C21H16Cl4N2O. The van der Waals surface area contributed by atoms with Crippen molar-refractivity contribution < 1.29 is 4.74 Å². The summed E-state index contributed by atoms with van der Waals surface area (Å²) in [6.45, 7) is 0.852. The van der Waals surface area contributed by atoms with Crippen LogP contribution in [0, 0.1) is 0 Å². The van der Waals surface area contributed by atoms with Crippen molar-refractivity contribution in [2.24, 2.45) is 5.10 Å². The molecule has 0 aliphatic carbocycles. The van der Waals surface area contributed by atoms with E-state index in [-0.39, 0.29) is 0 Å². The lowest BCUT2D eigenvalue weighted by Crippen LogP contribution is -2.06. The summed E-state index contributed by atoms with van der Waals surface area (Å²) in [6.07, 6.45) is 1.72. The van der Waals surface area contributed by atoms with E-state index in [0.29, 0.717) is 33.2 Å². The summed E-state index contributed by atoms with van der Waals surface area (Å²) in [4.78, 5) is 0. The van der Waals surface area contributed by atoms with Crippen molar-refractivity contribution in [2.45, 2.75) is 13.2 Å². The van der Waals surface area contributed by atoms with E-state index in [1.54, 1.807) is 30.5 Å². The summed E-state index contributed by atoms with van der Waals surface area (Å²) in [5, 5.41) is 6.46. The number of hydrogen-bond acceptors (Lipinski definition) is 3. The lowest BCUT2D eigenvalue weighted by molar-refractivity contribution is 0.306. The van der Waals surface area contributed by atoms with E-state index in [9.17, 15) is 0 Å². The molecule has 3 nitrogen and oxygen atoms in total. The van der Waals surface area contributed by atoms with Crippen molar-refractivity contribution >= 4 is 52.6 Å². The van der Waals surface area contributed by atoms with Crippen molar-refractivity contribution in [3.8, 4) is 5.75 Å². The minimum atomic E-state index is 0.407. The van der Waals surface area contributed by atoms with Gasteiger partial charge in [0.15, 0.2) is 0 Å². The van der Waals surface area contributed by atoms with Gasteiger partial charge in [0.1, 0.15) is 12.4 Å². The Hall–Kier alpha value is -1.91. The van der Waals surface area contributed by atoms with Crippen molar-refractivity contribution in [3.05, 3.63) is 97.4 Å². The van der Waals surface area contributed by atoms with Gasteiger partial charge in [-0.25, -0.2) is 0 Å². The van der Waals surface area contributed by atoms with Crippen molar-refractivity contribution in [3.63, 3.8) is 0 Å². The lowest BCUT2D eigenvalue weighted by atomic mass is 10.2. The van der Waals surface area contributed by atoms with Crippen LogP contribution in [0.4, 0.5) is 0 Å². The molecule has 1 N–H and O–H groups in total. The zero-order valence-electron chi connectivity index (χ0n) is 14.6. The second-order valence-electron chi connectivity index (χ2n) is 5.90. The molecular weight excluding hydrogens is 438 g/mol. The van der Waals surface area contributed by atoms with E-state index in [1.165, 1.54) is 0 Å². The van der Waals surface area contributed by atoms with E-state index in [1.807, 2.05) is 36.4 Å². The number of ether oxygens (including phenoxy) is 1. The number of nitrogens with one attached hydrogen (secondary N) is 1. The molecule has 3 aromatic carbocycles. The highest BCUT2D eigenvalue weighted by atomic mass is 35.5. The van der Waals surface area contributed by atoms with Crippen LogP contribution in [0.1, 0.15) is 16.7 Å². The van der Waals surface area contributed by atoms with E-state index in [2.05, 4.69) is 10.5 Å². The maximum atomic E-state index is 6.13. The Balaban J connectivity index is 1.51. The molecule has 0 saturated heterocycles. The number of benzene rings is 3. The number of rotatable bonds is 7. The summed E-state index contributed by atoms with van der Waals surface area (Å²) in [5.41, 5.74) is 5.64. The highest BCUT2D eigenvalue weighted by Gasteiger charge is 2.04. The lowest BCUT2D eigenvalue weighted by Gasteiger charge is -2.08. The van der Waals surface area contributed by atoms with Gasteiger partial charge in [0.2, 0.25) is 0 Å². The van der Waals surface area contributed by atoms with Crippen molar-refractivity contribution in [1.29, 1.82) is 0 Å². The second-order valence-corrected chi connectivity index (χ2v) is 7.53. The minimum Gasteiger partial charge on any atom is -0.489 e. The fourth-order valence-corrected chi connectivity index (χ4v) is 3.24. The zero-order chi connectivity index (χ0) is 19.9. The molecule has 0 saturated carbocycles. The summed E-state index contributed by atoms with van der Waals surface area (Å²) in [5.74, 6) is 0.749. The smallest absolute Gasteiger partial charge is 0.119 e. The predicted molar refractivity (Wildman–Crippen MR) is 118 cm³/mol. The third-order valence-electron chi connectivity index (χ3n) is 3.89. The summed E-state index contributed by atoms with van der Waals surface area (Å²) in [6, 6.07) is 18.4. The molecule has 7 heteroatoms. The first-order valence-electron chi connectivity index (χ1n) is 8.38. The Morgan fingerprint density at radius 3 is 2.21 bits per heavy atom. The largest absolute Gasteiger partial charge is 0.489 e. The molecule has 144 valence electrons. The normalized spacial score (nSPS) is 11.0. The quantitative estimate of drug-likeness (QED) is 0.308. The van der Waals surface area contributed by atoms with E-state index in [4.69, 9.17) is 51.1 Å². The van der Waals surface area contributed by atoms with Crippen LogP contribution in [-0.4, -0.2) is 6.21 Å². The molecule has 0 spiro atoms. The van der Waals surface area contributed by atoms with Gasteiger partial charge in [-0.05, 0) is 59.7 Å². The Kier molecular flexibility index (Phi) is 7.46. The van der Waals surface area contributed by atoms with E-state index < -0.39 is 0 Å². The monoisotopic (exact) mass is 452 g/mol. The molecule has 28 heavy (non-hydrogen) atoms. The average Bonchev–Trinajstić information content (AvgIpc) is 2.69. The van der Waals surface area contributed by atoms with Crippen molar-refractivity contribution in [1.82, 2.24) is 5.43 Å². The third-order valence-corrected chi connectivity index (χ3v) is 5.34. The molecule has 0 aliphatic heterocycles. The predicted octanol–water partition coefficient (Wildman–Crippen LogP) is 7.00. The molecule has 0 amide bonds. The summed E-state index contributed by atoms with van der Waals surface area (Å²) >= 11 is 24.2. The molecule has 0 unspecified atom stereocenters. The van der Waals surface area contributed by atoms with Gasteiger partial charge in [0, 0.05) is 15.6 Å². The Morgan fingerprint density at radius 1 is 0.821 bits per heavy atom. The highest BCUT2D eigenvalue weighted by Crippen LogP contribution is 2.24. The zero-order valence-corrected chi connectivity index (χ0v) is 17.7. The van der Waals surface area contributed by atoms with Crippen LogP contribution >= 0.6 is 46.4 Å². The first kappa shape index (κ1) is 20.8. The first-order valence-corrected chi connectivity index (χ1v) is 9.90. The van der Waals surface area contributed by atoms with Gasteiger partial charge >= 0.3 is 0 Å². The van der Waals surface area contributed by atoms with Gasteiger partial charge < -0.3 is 10.2 Å². The average molecular weight is 454 g/mol. The van der Waals surface area contributed by atoms with Crippen molar-refractivity contribution in [2.75, 3.05) is 0 Å². The Bertz CT molecular complexity index is 954. The maximum Gasteiger partial charge on any atom is 0.119 e. The van der Waals surface area contributed by atoms with Gasteiger partial charge in [-0.15, -0.1) is 0 Å². The number of nitrogens with zero attached hydrogens (tertiary/aromatic N) is 1. The molecule has 0 aliphatic rings. The minimum absolute atomic E-state index is 0.407. The molecule has 0 aromatic heterocycles. The second kappa shape index (κ2) is 10.0. The number of halogens is 4. The van der Waals surface area contributed by atoms with Gasteiger partial charge in [0.25, 0.3) is 0 Å². The maximum absolute atomic E-state index is 6.13. The third kappa shape index (κ3) is 5.79. The summed E-state index contributed by atoms with van der Waals surface area (Å²) < 4.78 is 5.76. The SMILES string of the molecule is Clc1ccc(COc2ccc(/C=N/NCc3c(Cl)cccc3Cl)cc2)cc1Cl. The molecule has 0 atom stereocenters. The molecule has 3 rings (SSSR count). The fraction of sp³-hybridized carbons (Fsp3) is 0.0952. The van der Waals surface area contributed by atoms with E-state index >= 15 is 0 Å². The standard InChI is InChI=1S/C21H16Cl4N2O/c22-18-2-1-3-19(23)17(18)12-27-26-11-14-4-7-16(8-5-14)28-13-15-6-9-20(24)21(25)10-15/h1-11,27H,12-13H2/b26-11+. The summed E-state index contributed by atoms with van der Waals surface area (Å²) in [7, 11) is 0. The molecule has 0 radical (unpaired) electrons. The molecule has 0 bridgehead atoms. The molecule has 0 fully saturated rings. The molecule has 3 aromatic rings. The van der Waals surface area contributed by atoms with Crippen LogP contribution in [0.3, 0.4) is 0 Å². The van der Waals surface area contributed by atoms with Crippen LogP contribution in [-0.2, 0) is 13.2 Å². The van der Waals surface area contributed by atoms with Crippen LogP contribution in [0.15, 0.2) is 65.8 Å².